The van der Waals surface area contributed by atoms with Gasteiger partial charge < -0.3 is 15.1 Å². The number of likely N-dealkylation sites (N-methyl/N-ethyl adjacent to an activating group) is 1. The predicted molar refractivity (Wildman–Crippen MR) is 92.6 cm³/mol. The van der Waals surface area contributed by atoms with Crippen LogP contribution in [0.25, 0.3) is 0 Å². The summed E-state index contributed by atoms with van der Waals surface area (Å²) in [6.45, 7) is 3.65. The lowest BCUT2D eigenvalue weighted by molar-refractivity contribution is -0.148. The standard InChI is InChI=1S/C17H29N3O2.ClH/c1-19(13-8-9-18-12-13)16(21)14-6-2-3-7-15(14)17(22)20-10-4-5-11-20;/h13-15,18H,2-12H2,1H3;1H. The Morgan fingerprint density at radius 2 is 1.65 bits per heavy atom. The van der Waals surface area contributed by atoms with Crippen molar-refractivity contribution in [3.05, 3.63) is 0 Å². The molecule has 0 aromatic rings. The Labute approximate surface area is 145 Å². The first-order valence-corrected chi connectivity index (χ1v) is 8.94. The highest BCUT2D eigenvalue weighted by atomic mass is 35.5. The molecule has 132 valence electrons. The second-order valence-corrected chi connectivity index (χ2v) is 7.13. The summed E-state index contributed by atoms with van der Waals surface area (Å²) in [6.07, 6.45) is 7.20. The molecule has 1 aliphatic carbocycles. The molecule has 3 aliphatic rings. The lowest BCUT2D eigenvalue weighted by Gasteiger charge is -2.36. The van der Waals surface area contributed by atoms with Gasteiger partial charge in [-0.25, -0.2) is 0 Å². The molecule has 2 saturated heterocycles. The van der Waals surface area contributed by atoms with Gasteiger partial charge in [-0.3, -0.25) is 9.59 Å². The van der Waals surface area contributed by atoms with Gasteiger partial charge in [-0.1, -0.05) is 12.8 Å². The summed E-state index contributed by atoms with van der Waals surface area (Å²) in [4.78, 5) is 29.7. The Morgan fingerprint density at radius 1 is 1.00 bits per heavy atom. The molecular weight excluding hydrogens is 314 g/mol. The Hall–Kier alpha value is -0.810. The molecule has 3 unspecified atom stereocenters. The third kappa shape index (κ3) is 4.00. The zero-order valence-corrected chi connectivity index (χ0v) is 14.9. The fourth-order valence-electron chi connectivity index (χ4n) is 4.31. The summed E-state index contributed by atoms with van der Waals surface area (Å²) >= 11 is 0. The molecule has 1 N–H and O–H groups in total. The highest BCUT2D eigenvalue weighted by molar-refractivity contribution is 5.88. The predicted octanol–water partition coefficient (Wildman–Crippen LogP) is 1.66. The number of hydrogen-bond donors (Lipinski definition) is 1. The molecule has 0 bridgehead atoms. The van der Waals surface area contributed by atoms with E-state index in [1.165, 1.54) is 0 Å². The van der Waals surface area contributed by atoms with Crippen LogP contribution in [0.4, 0.5) is 0 Å². The maximum atomic E-state index is 12.9. The van der Waals surface area contributed by atoms with Gasteiger partial charge in [0, 0.05) is 44.6 Å². The largest absolute Gasteiger partial charge is 0.342 e. The lowest BCUT2D eigenvalue weighted by Crippen LogP contribution is -2.48. The van der Waals surface area contributed by atoms with Crippen LogP contribution in [0.15, 0.2) is 0 Å². The maximum absolute atomic E-state index is 12.9. The first-order valence-electron chi connectivity index (χ1n) is 8.94. The fraction of sp³-hybridized carbons (Fsp3) is 0.882. The lowest BCUT2D eigenvalue weighted by atomic mass is 9.77. The van der Waals surface area contributed by atoms with Gasteiger partial charge in [-0.15, -0.1) is 12.4 Å². The molecule has 2 heterocycles. The fourth-order valence-corrected chi connectivity index (χ4v) is 4.31. The van der Waals surface area contributed by atoms with Gasteiger partial charge in [0.2, 0.25) is 11.8 Å². The van der Waals surface area contributed by atoms with Crippen molar-refractivity contribution < 1.29 is 9.59 Å². The highest BCUT2D eigenvalue weighted by Crippen LogP contribution is 2.34. The number of hydrogen-bond acceptors (Lipinski definition) is 3. The topological polar surface area (TPSA) is 52.7 Å². The van der Waals surface area contributed by atoms with Crippen LogP contribution in [0.3, 0.4) is 0 Å². The van der Waals surface area contributed by atoms with Crippen LogP contribution in [0, 0.1) is 11.8 Å². The summed E-state index contributed by atoms with van der Waals surface area (Å²) in [5.41, 5.74) is 0. The molecule has 0 aromatic heterocycles. The van der Waals surface area contributed by atoms with Gasteiger partial charge in [0.05, 0.1) is 0 Å². The number of halogens is 1. The molecule has 3 fully saturated rings. The number of nitrogens with zero attached hydrogens (tertiary/aromatic N) is 2. The van der Waals surface area contributed by atoms with Crippen molar-refractivity contribution in [3.8, 4) is 0 Å². The SMILES string of the molecule is CN(C(=O)C1CCCCC1C(=O)N1CCCC1)C1CCNC1.Cl. The van der Waals surface area contributed by atoms with Gasteiger partial charge in [0.15, 0.2) is 0 Å². The van der Waals surface area contributed by atoms with Crippen LogP contribution in [0.1, 0.15) is 44.9 Å². The first-order chi connectivity index (χ1) is 10.7. The van der Waals surface area contributed by atoms with E-state index in [1.807, 2.05) is 16.8 Å². The van der Waals surface area contributed by atoms with E-state index in [0.717, 1.165) is 71.1 Å². The Balaban J connectivity index is 0.00000192. The van der Waals surface area contributed by atoms with E-state index in [4.69, 9.17) is 0 Å². The molecule has 3 rings (SSSR count). The van der Waals surface area contributed by atoms with Gasteiger partial charge in [-0.05, 0) is 38.6 Å². The van der Waals surface area contributed by atoms with Crippen LogP contribution in [0.5, 0.6) is 0 Å². The maximum Gasteiger partial charge on any atom is 0.226 e. The zero-order chi connectivity index (χ0) is 15.5. The third-order valence-corrected chi connectivity index (χ3v) is 5.75. The minimum atomic E-state index is -0.0903. The van der Waals surface area contributed by atoms with Gasteiger partial charge in [0.25, 0.3) is 0 Å². The number of likely N-dealkylation sites (tertiary alicyclic amines) is 1. The summed E-state index contributed by atoms with van der Waals surface area (Å²) in [7, 11) is 1.92. The molecular formula is C17H30ClN3O2. The van der Waals surface area contributed by atoms with Crippen LogP contribution in [-0.4, -0.2) is 60.9 Å². The van der Waals surface area contributed by atoms with Crippen molar-refractivity contribution >= 4 is 24.2 Å². The smallest absolute Gasteiger partial charge is 0.226 e. The highest BCUT2D eigenvalue weighted by Gasteiger charge is 2.40. The van der Waals surface area contributed by atoms with E-state index >= 15 is 0 Å². The second-order valence-electron chi connectivity index (χ2n) is 7.13. The molecule has 23 heavy (non-hydrogen) atoms. The third-order valence-electron chi connectivity index (χ3n) is 5.75. The molecule has 6 heteroatoms. The molecule has 0 spiro atoms. The Bertz CT molecular complexity index is 420. The molecule has 3 atom stereocenters. The number of carbonyl (C=O) groups excluding carboxylic acids is 2. The first kappa shape index (κ1) is 18.5. The van der Waals surface area contributed by atoms with E-state index in [2.05, 4.69) is 5.32 Å². The van der Waals surface area contributed by atoms with Crippen LogP contribution < -0.4 is 5.32 Å². The Kier molecular flexibility index (Phi) is 6.72. The number of nitrogens with one attached hydrogen (secondary N) is 1. The number of rotatable bonds is 3. The average Bonchev–Trinajstić information content (AvgIpc) is 3.25. The average molecular weight is 344 g/mol. The summed E-state index contributed by atoms with van der Waals surface area (Å²) < 4.78 is 0. The minimum absolute atomic E-state index is 0. The quantitative estimate of drug-likeness (QED) is 0.848. The van der Waals surface area contributed by atoms with Crippen molar-refractivity contribution in [3.63, 3.8) is 0 Å². The van der Waals surface area contributed by atoms with Crippen molar-refractivity contribution in [2.24, 2.45) is 11.8 Å². The van der Waals surface area contributed by atoms with Gasteiger partial charge >= 0.3 is 0 Å². The molecule has 0 aromatic carbocycles. The van der Waals surface area contributed by atoms with Crippen LogP contribution >= 0.6 is 12.4 Å². The summed E-state index contributed by atoms with van der Waals surface area (Å²) in [5.74, 6) is 0.281. The molecule has 0 radical (unpaired) electrons. The molecule has 5 nitrogen and oxygen atoms in total. The van der Waals surface area contributed by atoms with Crippen molar-refractivity contribution in [1.82, 2.24) is 15.1 Å². The second kappa shape index (κ2) is 8.34. The van der Waals surface area contributed by atoms with Crippen molar-refractivity contribution in [1.29, 1.82) is 0 Å². The van der Waals surface area contributed by atoms with E-state index < -0.39 is 0 Å². The molecule has 2 aliphatic heterocycles. The van der Waals surface area contributed by atoms with Crippen molar-refractivity contribution in [2.45, 2.75) is 51.0 Å². The van der Waals surface area contributed by atoms with Gasteiger partial charge in [-0.2, -0.15) is 0 Å². The van der Waals surface area contributed by atoms with Crippen LogP contribution in [0.2, 0.25) is 0 Å². The van der Waals surface area contributed by atoms with Crippen molar-refractivity contribution in [2.75, 3.05) is 33.2 Å². The Morgan fingerprint density at radius 3 is 2.26 bits per heavy atom. The van der Waals surface area contributed by atoms with E-state index in [-0.39, 0.29) is 36.1 Å². The zero-order valence-electron chi connectivity index (χ0n) is 14.1. The van der Waals surface area contributed by atoms with E-state index in [9.17, 15) is 9.59 Å². The van der Waals surface area contributed by atoms with E-state index in [0.29, 0.717) is 6.04 Å². The van der Waals surface area contributed by atoms with Gasteiger partial charge in [0.1, 0.15) is 0 Å². The summed E-state index contributed by atoms with van der Waals surface area (Å²) in [6, 6.07) is 0.303. The summed E-state index contributed by atoms with van der Waals surface area (Å²) in [5, 5.41) is 3.32. The monoisotopic (exact) mass is 343 g/mol. The number of carbonyl (C=O) groups is 2. The molecule has 1 saturated carbocycles. The normalized spacial score (nSPS) is 30.8. The minimum Gasteiger partial charge on any atom is -0.342 e. The van der Waals surface area contributed by atoms with Crippen LogP contribution in [-0.2, 0) is 9.59 Å². The number of amides is 2. The molecule has 2 amide bonds. The van der Waals surface area contributed by atoms with E-state index in [1.54, 1.807) is 0 Å².